The molecule has 3 N–H and O–H groups in total. The van der Waals surface area contributed by atoms with Crippen molar-refractivity contribution in [1.29, 1.82) is 0 Å². The summed E-state index contributed by atoms with van der Waals surface area (Å²) >= 11 is 0. The molecule has 1 aromatic heterocycles. The Morgan fingerprint density at radius 2 is 2.15 bits per heavy atom. The maximum atomic E-state index is 12.2. The van der Waals surface area contributed by atoms with Crippen LogP contribution in [0.4, 0.5) is 11.4 Å². The molecule has 106 valence electrons. The molecule has 5 heteroatoms. The molecule has 20 heavy (non-hydrogen) atoms. The van der Waals surface area contributed by atoms with Gasteiger partial charge in [0.05, 0.1) is 12.3 Å². The van der Waals surface area contributed by atoms with Gasteiger partial charge < -0.3 is 20.4 Å². The Labute approximate surface area is 118 Å². The second kappa shape index (κ2) is 5.69. The highest BCUT2D eigenvalue weighted by Crippen LogP contribution is 2.22. The molecule has 0 atom stereocenters. The number of hydrogen-bond acceptors (Lipinski definition) is 3. The average Bonchev–Trinajstić information content (AvgIpc) is 2.72. The Morgan fingerprint density at radius 3 is 2.70 bits per heavy atom. The van der Waals surface area contributed by atoms with Crippen LogP contribution >= 0.6 is 0 Å². The number of amides is 1. The molecule has 0 aliphatic carbocycles. The van der Waals surface area contributed by atoms with Gasteiger partial charge in [0, 0.05) is 18.9 Å². The Kier molecular flexibility index (Phi) is 3.98. The predicted octanol–water partition coefficient (Wildman–Crippen LogP) is 2.57. The first kappa shape index (κ1) is 14.0. The zero-order valence-corrected chi connectivity index (χ0v) is 11.9. The number of carbonyl (C=O) groups excluding carboxylic acids is 1. The molecule has 1 aromatic carbocycles. The van der Waals surface area contributed by atoms with Crippen LogP contribution in [0.3, 0.4) is 0 Å². The summed E-state index contributed by atoms with van der Waals surface area (Å²) in [5.74, 6) is 0.613. The van der Waals surface area contributed by atoms with Gasteiger partial charge in [0.1, 0.15) is 11.4 Å². The maximum Gasteiger partial charge on any atom is 0.272 e. The van der Waals surface area contributed by atoms with Crippen LogP contribution in [0, 0.1) is 6.92 Å². The van der Waals surface area contributed by atoms with Gasteiger partial charge in [-0.15, -0.1) is 0 Å². The molecule has 1 heterocycles. The van der Waals surface area contributed by atoms with Gasteiger partial charge in [0.2, 0.25) is 0 Å². The molecule has 0 spiro atoms. The average molecular weight is 273 g/mol. The van der Waals surface area contributed by atoms with Crippen molar-refractivity contribution in [1.82, 2.24) is 4.57 Å². The summed E-state index contributed by atoms with van der Waals surface area (Å²) in [6.45, 7) is 4.48. The summed E-state index contributed by atoms with van der Waals surface area (Å²) in [6, 6.07) is 7.23. The molecule has 1 amide bonds. The number of ether oxygens (including phenoxy) is 1. The molecule has 0 unspecified atom stereocenters. The first-order chi connectivity index (χ1) is 9.51. The summed E-state index contributed by atoms with van der Waals surface area (Å²) in [4.78, 5) is 12.2. The van der Waals surface area contributed by atoms with Gasteiger partial charge in [0.15, 0.2) is 0 Å². The van der Waals surface area contributed by atoms with E-state index in [1.54, 1.807) is 23.9 Å². The summed E-state index contributed by atoms with van der Waals surface area (Å²) < 4.78 is 7.12. The minimum Gasteiger partial charge on any atom is -0.494 e. The van der Waals surface area contributed by atoms with Gasteiger partial charge in [-0.25, -0.2) is 0 Å². The number of rotatable bonds is 4. The number of nitrogens with two attached hydrogens (primary N) is 1. The van der Waals surface area contributed by atoms with Gasteiger partial charge in [0.25, 0.3) is 5.91 Å². The predicted molar refractivity (Wildman–Crippen MR) is 80.1 cm³/mol. The summed E-state index contributed by atoms with van der Waals surface area (Å²) in [7, 11) is 1.79. The summed E-state index contributed by atoms with van der Waals surface area (Å²) in [5, 5.41) is 2.88. The molecular formula is C15H19N3O2. The highest BCUT2D eigenvalue weighted by Gasteiger charge is 2.12. The molecule has 0 saturated carbocycles. The molecule has 0 bridgehead atoms. The minimum atomic E-state index is -0.184. The molecule has 2 rings (SSSR count). The lowest BCUT2D eigenvalue weighted by atomic mass is 10.2. The van der Waals surface area contributed by atoms with Crippen molar-refractivity contribution in [2.45, 2.75) is 13.8 Å². The van der Waals surface area contributed by atoms with Crippen molar-refractivity contribution in [2.75, 3.05) is 17.7 Å². The van der Waals surface area contributed by atoms with E-state index in [4.69, 9.17) is 10.5 Å². The van der Waals surface area contributed by atoms with Crippen LogP contribution in [0.25, 0.3) is 0 Å². The Hall–Kier alpha value is -2.43. The van der Waals surface area contributed by atoms with Crippen molar-refractivity contribution in [3.63, 3.8) is 0 Å². The highest BCUT2D eigenvalue weighted by molar-refractivity contribution is 6.04. The molecule has 0 aliphatic rings. The fourth-order valence-corrected chi connectivity index (χ4v) is 2.04. The molecule has 0 fully saturated rings. The van der Waals surface area contributed by atoms with E-state index in [2.05, 4.69) is 5.32 Å². The van der Waals surface area contributed by atoms with Crippen molar-refractivity contribution in [3.8, 4) is 5.75 Å². The fraction of sp³-hybridized carbons (Fsp3) is 0.267. The number of aryl methyl sites for hydroxylation is 2. The van der Waals surface area contributed by atoms with Crippen molar-refractivity contribution < 1.29 is 9.53 Å². The van der Waals surface area contributed by atoms with Crippen LogP contribution in [0.5, 0.6) is 5.75 Å². The van der Waals surface area contributed by atoms with Crippen molar-refractivity contribution >= 4 is 17.3 Å². The molecule has 0 radical (unpaired) electrons. The SMILES string of the molecule is CCOc1ccc(NC(=O)c2cc(N)cn2C)c(C)c1. The van der Waals surface area contributed by atoms with E-state index in [1.165, 1.54) is 0 Å². The minimum absolute atomic E-state index is 0.184. The van der Waals surface area contributed by atoms with E-state index in [0.717, 1.165) is 17.0 Å². The van der Waals surface area contributed by atoms with Gasteiger partial charge in [-0.3, -0.25) is 4.79 Å². The number of aromatic nitrogens is 1. The van der Waals surface area contributed by atoms with Crippen LogP contribution < -0.4 is 15.8 Å². The smallest absolute Gasteiger partial charge is 0.272 e. The molecule has 5 nitrogen and oxygen atoms in total. The Bertz CT molecular complexity index is 632. The van der Waals surface area contributed by atoms with Gasteiger partial charge in [-0.1, -0.05) is 0 Å². The zero-order chi connectivity index (χ0) is 14.7. The molecular weight excluding hydrogens is 254 g/mol. The maximum absolute atomic E-state index is 12.2. The summed E-state index contributed by atoms with van der Waals surface area (Å²) in [5.41, 5.74) is 8.48. The lowest BCUT2D eigenvalue weighted by Gasteiger charge is -2.11. The van der Waals surface area contributed by atoms with E-state index in [-0.39, 0.29) is 5.91 Å². The Balaban J connectivity index is 2.17. The fourth-order valence-electron chi connectivity index (χ4n) is 2.04. The molecule has 0 saturated heterocycles. The lowest BCUT2D eigenvalue weighted by molar-refractivity contribution is 0.101. The van der Waals surface area contributed by atoms with Gasteiger partial charge in [-0.05, 0) is 43.7 Å². The van der Waals surface area contributed by atoms with Gasteiger partial charge >= 0.3 is 0 Å². The van der Waals surface area contributed by atoms with E-state index in [1.807, 2.05) is 32.0 Å². The topological polar surface area (TPSA) is 69.3 Å². The summed E-state index contributed by atoms with van der Waals surface area (Å²) in [6.07, 6.45) is 1.71. The lowest BCUT2D eigenvalue weighted by Crippen LogP contribution is -2.16. The monoisotopic (exact) mass is 273 g/mol. The number of benzene rings is 1. The second-order valence-corrected chi connectivity index (χ2v) is 4.63. The number of nitrogens with zero attached hydrogens (tertiary/aromatic N) is 1. The van der Waals surface area contributed by atoms with Crippen LogP contribution in [-0.4, -0.2) is 17.1 Å². The molecule has 2 aromatic rings. The number of nitrogen functional groups attached to an aromatic ring is 1. The van der Waals surface area contributed by atoms with Crippen LogP contribution in [0.2, 0.25) is 0 Å². The Morgan fingerprint density at radius 1 is 1.40 bits per heavy atom. The number of carbonyl (C=O) groups is 1. The normalized spacial score (nSPS) is 10.3. The largest absolute Gasteiger partial charge is 0.494 e. The number of anilines is 2. The van der Waals surface area contributed by atoms with Crippen molar-refractivity contribution in [3.05, 3.63) is 41.7 Å². The third-order valence-electron chi connectivity index (χ3n) is 3.02. The van der Waals surface area contributed by atoms with E-state index < -0.39 is 0 Å². The third kappa shape index (κ3) is 2.93. The van der Waals surface area contributed by atoms with E-state index in [0.29, 0.717) is 18.0 Å². The zero-order valence-electron chi connectivity index (χ0n) is 11.9. The van der Waals surface area contributed by atoms with Crippen LogP contribution in [0.15, 0.2) is 30.5 Å². The van der Waals surface area contributed by atoms with Crippen LogP contribution in [0.1, 0.15) is 23.0 Å². The second-order valence-electron chi connectivity index (χ2n) is 4.63. The number of nitrogens with one attached hydrogen (secondary N) is 1. The van der Waals surface area contributed by atoms with Crippen LogP contribution in [-0.2, 0) is 7.05 Å². The molecule has 0 aliphatic heterocycles. The van der Waals surface area contributed by atoms with Crippen molar-refractivity contribution in [2.24, 2.45) is 7.05 Å². The first-order valence-electron chi connectivity index (χ1n) is 6.48. The van der Waals surface area contributed by atoms with Gasteiger partial charge in [-0.2, -0.15) is 0 Å². The van der Waals surface area contributed by atoms with E-state index >= 15 is 0 Å². The number of hydrogen-bond donors (Lipinski definition) is 2. The van der Waals surface area contributed by atoms with E-state index in [9.17, 15) is 4.79 Å². The quantitative estimate of drug-likeness (QED) is 0.899. The third-order valence-corrected chi connectivity index (χ3v) is 3.02. The standard InChI is InChI=1S/C15H19N3O2/c1-4-20-12-5-6-13(10(2)7-12)17-15(19)14-8-11(16)9-18(14)3/h5-9H,4,16H2,1-3H3,(H,17,19). The highest BCUT2D eigenvalue weighted by atomic mass is 16.5. The first-order valence-corrected chi connectivity index (χ1v) is 6.48.